The summed E-state index contributed by atoms with van der Waals surface area (Å²) in [5.41, 5.74) is 2.54. The normalized spacial score (nSPS) is 17.9. The number of ether oxygens (including phenoxy) is 1. The molecule has 1 aliphatic heterocycles. The Morgan fingerprint density at radius 1 is 1.07 bits per heavy atom. The first-order chi connectivity index (χ1) is 7.38. The van der Waals surface area contributed by atoms with Crippen LogP contribution < -0.4 is 0 Å². The minimum atomic E-state index is 0.595. The van der Waals surface area contributed by atoms with E-state index in [1.54, 1.807) is 0 Å². The summed E-state index contributed by atoms with van der Waals surface area (Å²) < 4.78 is 5.31. The van der Waals surface area contributed by atoms with Crippen LogP contribution in [0.2, 0.25) is 0 Å². The van der Waals surface area contributed by atoms with Crippen LogP contribution in [-0.2, 0) is 17.2 Å². The van der Waals surface area contributed by atoms with E-state index in [-0.39, 0.29) is 0 Å². The van der Waals surface area contributed by atoms with Gasteiger partial charge in [0, 0.05) is 25.5 Å². The first-order valence-electron chi connectivity index (χ1n) is 5.32. The minimum absolute atomic E-state index is 0.595. The fourth-order valence-electron chi connectivity index (χ4n) is 1.75. The number of benzene rings is 1. The second kappa shape index (κ2) is 5.50. The third kappa shape index (κ3) is 3.20. The molecule has 0 aliphatic carbocycles. The van der Waals surface area contributed by atoms with Crippen molar-refractivity contribution in [2.24, 2.45) is 0 Å². The molecule has 1 aromatic carbocycles. The van der Waals surface area contributed by atoms with Gasteiger partial charge in [-0.15, -0.1) is 11.6 Å². The molecule has 0 spiro atoms. The Bertz CT molecular complexity index is 293. The van der Waals surface area contributed by atoms with E-state index in [1.807, 2.05) is 0 Å². The fraction of sp³-hybridized carbons (Fsp3) is 0.500. The Balaban J connectivity index is 1.91. The average Bonchev–Trinajstić information content (AvgIpc) is 2.31. The third-order valence-corrected chi connectivity index (χ3v) is 3.00. The van der Waals surface area contributed by atoms with E-state index in [0.717, 1.165) is 32.8 Å². The highest BCUT2D eigenvalue weighted by Crippen LogP contribution is 2.10. The van der Waals surface area contributed by atoms with Crippen LogP contribution in [0.25, 0.3) is 0 Å². The van der Waals surface area contributed by atoms with Crippen molar-refractivity contribution in [2.75, 3.05) is 26.3 Å². The predicted molar refractivity (Wildman–Crippen MR) is 62.1 cm³/mol. The van der Waals surface area contributed by atoms with Crippen LogP contribution in [0.4, 0.5) is 0 Å². The topological polar surface area (TPSA) is 12.5 Å². The van der Waals surface area contributed by atoms with Gasteiger partial charge in [-0.3, -0.25) is 4.90 Å². The molecule has 1 aromatic rings. The smallest absolute Gasteiger partial charge is 0.0594 e. The zero-order chi connectivity index (χ0) is 10.5. The Morgan fingerprint density at radius 3 is 2.27 bits per heavy atom. The number of hydrogen-bond donors (Lipinski definition) is 0. The molecule has 15 heavy (non-hydrogen) atoms. The fourth-order valence-corrected chi connectivity index (χ4v) is 1.93. The standard InChI is InChI=1S/C12H16ClNO/c13-9-11-1-3-12(4-2-11)10-14-5-7-15-8-6-14/h1-4H,5-10H2. The Kier molecular flexibility index (Phi) is 4.01. The maximum atomic E-state index is 5.74. The van der Waals surface area contributed by atoms with Gasteiger partial charge in [-0.25, -0.2) is 0 Å². The SMILES string of the molecule is ClCc1ccc(CN2CCOCC2)cc1. The molecular weight excluding hydrogens is 210 g/mol. The van der Waals surface area contributed by atoms with Gasteiger partial charge in [0.1, 0.15) is 0 Å². The van der Waals surface area contributed by atoms with Gasteiger partial charge in [-0.2, -0.15) is 0 Å². The van der Waals surface area contributed by atoms with E-state index in [2.05, 4.69) is 29.2 Å². The highest BCUT2D eigenvalue weighted by atomic mass is 35.5. The highest BCUT2D eigenvalue weighted by Gasteiger charge is 2.10. The lowest BCUT2D eigenvalue weighted by Crippen LogP contribution is -2.35. The summed E-state index contributed by atoms with van der Waals surface area (Å²) in [6.07, 6.45) is 0. The maximum absolute atomic E-state index is 5.74. The van der Waals surface area contributed by atoms with E-state index in [1.165, 1.54) is 11.1 Å². The van der Waals surface area contributed by atoms with E-state index < -0.39 is 0 Å². The van der Waals surface area contributed by atoms with Crippen LogP contribution >= 0.6 is 11.6 Å². The van der Waals surface area contributed by atoms with Gasteiger partial charge in [0.25, 0.3) is 0 Å². The van der Waals surface area contributed by atoms with Crippen molar-refractivity contribution in [3.63, 3.8) is 0 Å². The zero-order valence-electron chi connectivity index (χ0n) is 8.79. The molecule has 1 aliphatic rings. The van der Waals surface area contributed by atoms with Crippen molar-refractivity contribution in [2.45, 2.75) is 12.4 Å². The molecule has 1 fully saturated rings. The van der Waals surface area contributed by atoms with E-state index >= 15 is 0 Å². The molecule has 2 nitrogen and oxygen atoms in total. The number of alkyl halides is 1. The van der Waals surface area contributed by atoms with Crippen LogP contribution in [0.1, 0.15) is 11.1 Å². The molecule has 82 valence electrons. The monoisotopic (exact) mass is 225 g/mol. The number of rotatable bonds is 3. The van der Waals surface area contributed by atoms with E-state index in [4.69, 9.17) is 16.3 Å². The lowest BCUT2D eigenvalue weighted by atomic mass is 10.1. The molecule has 0 bridgehead atoms. The first-order valence-corrected chi connectivity index (χ1v) is 5.86. The Morgan fingerprint density at radius 2 is 1.67 bits per heavy atom. The van der Waals surface area contributed by atoms with Gasteiger partial charge in [-0.05, 0) is 11.1 Å². The summed E-state index contributed by atoms with van der Waals surface area (Å²) in [4.78, 5) is 2.42. The molecule has 3 heteroatoms. The van der Waals surface area contributed by atoms with Gasteiger partial charge in [0.2, 0.25) is 0 Å². The summed E-state index contributed by atoms with van der Waals surface area (Å²) in [7, 11) is 0. The number of nitrogens with zero attached hydrogens (tertiary/aromatic N) is 1. The molecule has 0 amide bonds. The summed E-state index contributed by atoms with van der Waals surface area (Å²) in [5, 5.41) is 0. The van der Waals surface area contributed by atoms with Gasteiger partial charge < -0.3 is 4.74 Å². The summed E-state index contributed by atoms with van der Waals surface area (Å²) in [6.45, 7) is 4.82. The minimum Gasteiger partial charge on any atom is -0.379 e. The van der Waals surface area contributed by atoms with Crippen LogP contribution in [0.3, 0.4) is 0 Å². The lowest BCUT2D eigenvalue weighted by Gasteiger charge is -2.26. The molecule has 0 saturated carbocycles. The van der Waals surface area contributed by atoms with Gasteiger partial charge in [0.05, 0.1) is 13.2 Å². The van der Waals surface area contributed by atoms with Gasteiger partial charge in [0.15, 0.2) is 0 Å². The predicted octanol–water partition coefficient (Wildman–Crippen LogP) is 2.26. The summed E-state index contributed by atoms with van der Waals surface area (Å²) in [5.74, 6) is 0.595. The van der Waals surface area contributed by atoms with Crippen LogP contribution in [-0.4, -0.2) is 31.2 Å². The van der Waals surface area contributed by atoms with Gasteiger partial charge in [-0.1, -0.05) is 24.3 Å². The van der Waals surface area contributed by atoms with Crippen molar-refractivity contribution >= 4 is 11.6 Å². The van der Waals surface area contributed by atoms with E-state index in [9.17, 15) is 0 Å². The molecule has 0 radical (unpaired) electrons. The van der Waals surface area contributed by atoms with Crippen molar-refractivity contribution in [1.82, 2.24) is 4.90 Å². The van der Waals surface area contributed by atoms with Crippen LogP contribution in [0, 0.1) is 0 Å². The van der Waals surface area contributed by atoms with E-state index in [0.29, 0.717) is 5.88 Å². The third-order valence-electron chi connectivity index (χ3n) is 2.69. The number of morpholine rings is 1. The molecule has 0 unspecified atom stereocenters. The number of halogens is 1. The summed E-state index contributed by atoms with van der Waals surface area (Å²) in [6, 6.07) is 8.52. The van der Waals surface area contributed by atoms with Crippen molar-refractivity contribution in [3.8, 4) is 0 Å². The number of hydrogen-bond acceptors (Lipinski definition) is 2. The summed E-state index contributed by atoms with van der Waals surface area (Å²) >= 11 is 5.74. The molecule has 2 rings (SSSR count). The molecule has 1 saturated heterocycles. The Labute approximate surface area is 95.8 Å². The largest absolute Gasteiger partial charge is 0.379 e. The second-order valence-electron chi connectivity index (χ2n) is 3.84. The maximum Gasteiger partial charge on any atom is 0.0594 e. The Hall–Kier alpha value is -0.570. The zero-order valence-corrected chi connectivity index (χ0v) is 9.54. The second-order valence-corrected chi connectivity index (χ2v) is 4.11. The van der Waals surface area contributed by atoms with Crippen LogP contribution in [0.15, 0.2) is 24.3 Å². The van der Waals surface area contributed by atoms with Crippen LogP contribution in [0.5, 0.6) is 0 Å². The van der Waals surface area contributed by atoms with Crippen molar-refractivity contribution in [3.05, 3.63) is 35.4 Å². The lowest BCUT2D eigenvalue weighted by molar-refractivity contribution is 0.0342. The highest BCUT2D eigenvalue weighted by molar-refractivity contribution is 6.17. The molecule has 0 aromatic heterocycles. The quantitative estimate of drug-likeness (QED) is 0.732. The van der Waals surface area contributed by atoms with Gasteiger partial charge >= 0.3 is 0 Å². The molecule has 1 heterocycles. The average molecular weight is 226 g/mol. The molecular formula is C12H16ClNO. The first kappa shape index (κ1) is 10.9. The van der Waals surface area contributed by atoms with Crippen molar-refractivity contribution in [1.29, 1.82) is 0 Å². The van der Waals surface area contributed by atoms with Crippen molar-refractivity contribution < 1.29 is 4.74 Å². The molecule has 0 N–H and O–H groups in total. The molecule has 0 atom stereocenters.